The first kappa shape index (κ1) is 14.0. The van der Waals surface area contributed by atoms with Crippen LogP contribution >= 0.6 is 0 Å². The van der Waals surface area contributed by atoms with E-state index in [0.717, 1.165) is 30.9 Å². The van der Waals surface area contributed by atoms with E-state index in [1.807, 2.05) is 31.0 Å². The highest BCUT2D eigenvalue weighted by Crippen LogP contribution is 2.13. The minimum absolute atomic E-state index is 0.167. The summed E-state index contributed by atoms with van der Waals surface area (Å²) in [4.78, 5) is 18.4. The van der Waals surface area contributed by atoms with Gasteiger partial charge in [-0.3, -0.25) is 9.78 Å². The maximum Gasteiger partial charge on any atom is 0.228 e. The summed E-state index contributed by atoms with van der Waals surface area (Å²) in [5, 5.41) is 3.35. The Hall–Kier alpha value is -1.42. The van der Waals surface area contributed by atoms with Gasteiger partial charge in [-0.1, -0.05) is 6.07 Å². The third-order valence-corrected chi connectivity index (χ3v) is 3.85. The molecule has 1 aromatic heterocycles. The van der Waals surface area contributed by atoms with Crippen molar-refractivity contribution in [3.05, 3.63) is 29.6 Å². The third kappa shape index (κ3) is 4.03. The van der Waals surface area contributed by atoms with Crippen molar-refractivity contribution in [2.24, 2.45) is 5.92 Å². The molecule has 0 unspecified atom stereocenters. The van der Waals surface area contributed by atoms with Crippen molar-refractivity contribution in [1.29, 1.82) is 0 Å². The summed E-state index contributed by atoms with van der Waals surface area (Å²) in [6, 6.07) is 3.91. The van der Waals surface area contributed by atoms with Gasteiger partial charge in [-0.05, 0) is 50.4 Å². The summed E-state index contributed by atoms with van der Waals surface area (Å²) in [7, 11) is 1.91. The number of nitrogens with one attached hydrogen (secondary N) is 1. The summed E-state index contributed by atoms with van der Waals surface area (Å²) in [6.07, 6.45) is 4.50. The molecule has 1 aromatic rings. The van der Waals surface area contributed by atoms with Gasteiger partial charge >= 0.3 is 0 Å². The van der Waals surface area contributed by atoms with Crippen molar-refractivity contribution in [3.8, 4) is 0 Å². The molecule has 2 heterocycles. The van der Waals surface area contributed by atoms with Crippen molar-refractivity contribution in [1.82, 2.24) is 15.2 Å². The van der Waals surface area contributed by atoms with Crippen LogP contribution in [0.4, 0.5) is 0 Å². The van der Waals surface area contributed by atoms with Gasteiger partial charge < -0.3 is 10.2 Å². The lowest BCUT2D eigenvalue weighted by molar-refractivity contribution is -0.129. The molecule has 1 fully saturated rings. The zero-order valence-electron chi connectivity index (χ0n) is 11.9. The van der Waals surface area contributed by atoms with Gasteiger partial charge in [0.05, 0.1) is 12.1 Å². The van der Waals surface area contributed by atoms with Crippen molar-refractivity contribution >= 4 is 5.91 Å². The Balaban J connectivity index is 1.87. The highest BCUT2D eigenvalue weighted by atomic mass is 16.2. The lowest BCUT2D eigenvalue weighted by atomic mass is 9.97. The summed E-state index contributed by atoms with van der Waals surface area (Å²) in [5.41, 5.74) is 1.98. The number of likely N-dealkylation sites (N-methyl/N-ethyl adjacent to an activating group) is 1. The zero-order valence-corrected chi connectivity index (χ0v) is 11.9. The van der Waals surface area contributed by atoms with Crippen molar-refractivity contribution in [3.63, 3.8) is 0 Å². The Kier molecular flexibility index (Phi) is 4.91. The molecular formula is C15H23N3O. The number of carbonyl (C=O) groups excluding carboxylic acids is 1. The number of aromatic nitrogens is 1. The molecule has 1 saturated heterocycles. The normalized spacial score (nSPS) is 16.3. The zero-order chi connectivity index (χ0) is 13.7. The van der Waals surface area contributed by atoms with Gasteiger partial charge in [-0.15, -0.1) is 0 Å². The maximum absolute atomic E-state index is 12.2. The van der Waals surface area contributed by atoms with Crippen LogP contribution in [0.1, 0.15) is 24.1 Å². The predicted molar refractivity (Wildman–Crippen MR) is 75.9 cm³/mol. The van der Waals surface area contributed by atoms with E-state index in [9.17, 15) is 4.79 Å². The third-order valence-electron chi connectivity index (χ3n) is 3.85. The van der Waals surface area contributed by atoms with E-state index in [4.69, 9.17) is 0 Å². The summed E-state index contributed by atoms with van der Waals surface area (Å²) in [6.45, 7) is 5.02. The Morgan fingerprint density at radius 1 is 1.47 bits per heavy atom. The van der Waals surface area contributed by atoms with E-state index < -0.39 is 0 Å². The first-order valence-corrected chi connectivity index (χ1v) is 7.02. The van der Waals surface area contributed by atoms with Crippen LogP contribution in [-0.4, -0.2) is 42.5 Å². The van der Waals surface area contributed by atoms with E-state index in [-0.39, 0.29) is 5.91 Å². The quantitative estimate of drug-likeness (QED) is 0.891. The van der Waals surface area contributed by atoms with Gasteiger partial charge in [0.2, 0.25) is 5.91 Å². The number of hydrogen-bond acceptors (Lipinski definition) is 3. The summed E-state index contributed by atoms with van der Waals surface area (Å²) >= 11 is 0. The van der Waals surface area contributed by atoms with Crippen molar-refractivity contribution in [2.75, 3.05) is 26.7 Å². The molecule has 4 heteroatoms. The Morgan fingerprint density at radius 2 is 2.21 bits per heavy atom. The molecular weight excluding hydrogens is 238 g/mol. The molecule has 0 spiro atoms. The van der Waals surface area contributed by atoms with Crippen LogP contribution < -0.4 is 5.32 Å². The molecule has 0 bridgehead atoms. The fourth-order valence-corrected chi connectivity index (χ4v) is 2.54. The second kappa shape index (κ2) is 6.66. The average molecular weight is 261 g/mol. The van der Waals surface area contributed by atoms with Crippen molar-refractivity contribution in [2.45, 2.75) is 26.2 Å². The highest BCUT2D eigenvalue weighted by Gasteiger charge is 2.18. The van der Waals surface area contributed by atoms with Gasteiger partial charge in [-0.25, -0.2) is 0 Å². The Morgan fingerprint density at radius 3 is 2.89 bits per heavy atom. The molecule has 19 heavy (non-hydrogen) atoms. The second-order valence-corrected chi connectivity index (χ2v) is 5.41. The maximum atomic E-state index is 12.2. The fraction of sp³-hybridized carbons (Fsp3) is 0.600. The molecule has 104 valence electrons. The first-order valence-electron chi connectivity index (χ1n) is 7.02. The van der Waals surface area contributed by atoms with Gasteiger partial charge in [0.15, 0.2) is 0 Å². The van der Waals surface area contributed by atoms with E-state index >= 15 is 0 Å². The fourth-order valence-electron chi connectivity index (χ4n) is 2.54. The number of nitrogens with zero attached hydrogens (tertiary/aromatic N) is 2. The van der Waals surface area contributed by atoms with E-state index in [1.165, 1.54) is 12.8 Å². The minimum atomic E-state index is 0.167. The molecule has 1 aliphatic rings. The lowest BCUT2D eigenvalue weighted by Crippen LogP contribution is -2.37. The van der Waals surface area contributed by atoms with Gasteiger partial charge in [0, 0.05) is 19.8 Å². The molecule has 1 N–H and O–H groups in total. The summed E-state index contributed by atoms with van der Waals surface area (Å²) in [5.74, 6) is 0.806. The van der Waals surface area contributed by atoms with Crippen LogP contribution in [0.25, 0.3) is 0 Å². The monoisotopic (exact) mass is 261 g/mol. The number of rotatable bonds is 4. The molecule has 0 aromatic carbocycles. The van der Waals surface area contributed by atoms with Crippen LogP contribution in [0.5, 0.6) is 0 Å². The SMILES string of the molecule is Cc1cccnc1CC(=O)N(C)CC1CCNCC1. The number of piperidine rings is 1. The number of pyridine rings is 1. The van der Waals surface area contributed by atoms with Crippen LogP contribution in [0, 0.1) is 12.8 Å². The van der Waals surface area contributed by atoms with Crippen LogP contribution in [-0.2, 0) is 11.2 Å². The molecule has 0 saturated carbocycles. The van der Waals surface area contributed by atoms with E-state index in [0.29, 0.717) is 12.3 Å². The molecule has 0 atom stereocenters. The predicted octanol–water partition coefficient (Wildman–Crippen LogP) is 1.39. The largest absolute Gasteiger partial charge is 0.345 e. The number of carbonyl (C=O) groups is 1. The second-order valence-electron chi connectivity index (χ2n) is 5.41. The molecule has 2 rings (SSSR count). The Labute approximate surface area is 115 Å². The number of aryl methyl sites for hydroxylation is 1. The average Bonchev–Trinajstić information content (AvgIpc) is 2.42. The van der Waals surface area contributed by atoms with Crippen LogP contribution in [0.15, 0.2) is 18.3 Å². The lowest BCUT2D eigenvalue weighted by Gasteiger charge is -2.27. The van der Waals surface area contributed by atoms with Crippen molar-refractivity contribution < 1.29 is 4.79 Å². The Bertz CT molecular complexity index is 427. The van der Waals surface area contributed by atoms with Crippen LogP contribution in [0.3, 0.4) is 0 Å². The van der Waals surface area contributed by atoms with Crippen LogP contribution in [0.2, 0.25) is 0 Å². The van der Waals surface area contributed by atoms with Gasteiger partial charge in [0.1, 0.15) is 0 Å². The highest BCUT2D eigenvalue weighted by molar-refractivity contribution is 5.78. The first-order chi connectivity index (χ1) is 9.16. The molecule has 0 aliphatic carbocycles. The smallest absolute Gasteiger partial charge is 0.228 e. The standard InChI is InChI=1S/C15H23N3O/c1-12-4-3-7-17-14(12)10-15(19)18(2)11-13-5-8-16-9-6-13/h3-4,7,13,16H,5-6,8-11H2,1-2H3. The van der Waals surface area contributed by atoms with Gasteiger partial charge in [0.25, 0.3) is 0 Å². The molecule has 1 amide bonds. The van der Waals surface area contributed by atoms with E-state index in [2.05, 4.69) is 10.3 Å². The molecule has 4 nitrogen and oxygen atoms in total. The number of amides is 1. The van der Waals surface area contributed by atoms with E-state index in [1.54, 1.807) is 6.20 Å². The molecule has 0 radical (unpaired) electrons. The molecule has 1 aliphatic heterocycles. The minimum Gasteiger partial charge on any atom is -0.345 e. The van der Waals surface area contributed by atoms with Gasteiger partial charge in [-0.2, -0.15) is 0 Å². The topological polar surface area (TPSA) is 45.2 Å². The number of hydrogen-bond donors (Lipinski definition) is 1. The summed E-state index contributed by atoms with van der Waals surface area (Å²) < 4.78 is 0.